The SMILES string of the molecule is [2H]C(CN(C)C)c1c[nH]c2ccccc12. The molecule has 1 unspecified atom stereocenters. The van der Waals surface area contributed by atoms with E-state index in [-0.39, 0.29) is 6.40 Å². The Morgan fingerprint density at radius 3 is 2.93 bits per heavy atom. The van der Waals surface area contributed by atoms with E-state index in [1.54, 1.807) is 0 Å². The standard InChI is InChI=1S/C12H16N2/c1-14(2)8-7-10-9-13-12-6-4-3-5-11(10)12/h3-6,9,13H,7-8H2,1-2H3/i7D. The van der Waals surface area contributed by atoms with Crippen molar-refractivity contribution in [2.24, 2.45) is 0 Å². The first-order chi connectivity index (χ1) is 7.18. The van der Waals surface area contributed by atoms with E-state index < -0.39 is 0 Å². The molecule has 2 heteroatoms. The van der Waals surface area contributed by atoms with Crippen molar-refractivity contribution < 1.29 is 1.37 Å². The smallest absolute Gasteiger partial charge is 0.0456 e. The Morgan fingerprint density at radius 2 is 2.14 bits per heavy atom. The van der Waals surface area contributed by atoms with Gasteiger partial charge < -0.3 is 9.88 Å². The highest BCUT2D eigenvalue weighted by molar-refractivity contribution is 5.83. The van der Waals surface area contributed by atoms with Gasteiger partial charge in [0.25, 0.3) is 0 Å². The van der Waals surface area contributed by atoms with E-state index >= 15 is 0 Å². The third kappa shape index (κ3) is 1.80. The summed E-state index contributed by atoms with van der Waals surface area (Å²) < 4.78 is 8.08. The third-order valence-corrected chi connectivity index (χ3v) is 2.30. The Kier molecular flexibility index (Phi) is 2.21. The van der Waals surface area contributed by atoms with E-state index in [0.29, 0.717) is 0 Å². The fourth-order valence-corrected chi connectivity index (χ4v) is 1.54. The number of nitrogens with one attached hydrogen (secondary N) is 1. The Hall–Kier alpha value is -1.28. The van der Waals surface area contributed by atoms with Crippen LogP contribution in [-0.4, -0.2) is 30.5 Å². The second-order valence-corrected chi connectivity index (χ2v) is 3.76. The van der Waals surface area contributed by atoms with Gasteiger partial charge in [-0.1, -0.05) is 18.2 Å². The number of para-hydroxylation sites is 1. The molecule has 0 radical (unpaired) electrons. The van der Waals surface area contributed by atoms with E-state index in [1.807, 2.05) is 43.4 Å². The maximum absolute atomic E-state index is 8.08. The Bertz CT molecular complexity index is 448. The first kappa shape index (κ1) is 8.06. The fraction of sp³-hybridized carbons (Fsp3) is 0.333. The zero-order chi connectivity index (χ0) is 10.8. The number of hydrogen-bond acceptors (Lipinski definition) is 1. The number of rotatable bonds is 3. The van der Waals surface area contributed by atoms with Gasteiger partial charge in [0, 0.05) is 25.0 Å². The van der Waals surface area contributed by atoms with Gasteiger partial charge in [0.2, 0.25) is 0 Å². The van der Waals surface area contributed by atoms with Gasteiger partial charge in [0.1, 0.15) is 0 Å². The number of benzene rings is 1. The Labute approximate surface area is 85.9 Å². The first-order valence-corrected chi connectivity index (χ1v) is 4.81. The van der Waals surface area contributed by atoms with Crippen LogP contribution in [0.4, 0.5) is 0 Å². The minimum absolute atomic E-state index is 0.184. The number of aromatic amines is 1. The molecule has 0 bridgehead atoms. The van der Waals surface area contributed by atoms with Crippen molar-refractivity contribution in [1.82, 2.24) is 9.88 Å². The molecule has 0 aliphatic rings. The van der Waals surface area contributed by atoms with E-state index in [9.17, 15) is 0 Å². The number of likely N-dealkylation sites (N-methyl/N-ethyl adjacent to an activating group) is 1. The Balaban J connectivity index is 2.35. The molecule has 14 heavy (non-hydrogen) atoms. The van der Waals surface area contributed by atoms with Crippen molar-refractivity contribution in [2.45, 2.75) is 6.40 Å². The maximum Gasteiger partial charge on any atom is 0.0456 e. The van der Waals surface area contributed by atoms with Crippen LogP contribution >= 0.6 is 0 Å². The second kappa shape index (κ2) is 3.84. The zero-order valence-corrected chi connectivity index (χ0v) is 8.62. The Morgan fingerprint density at radius 1 is 1.36 bits per heavy atom. The molecule has 1 aromatic carbocycles. The molecule has 2 rings (SSSR count). The van der Waals surface area contributed by atoms with Crippen LogP contribution in [0.5, 0.6) is 0 Å². The minimum Gasteiger partial charge on any atom is -0.361 e. The molecule has 1 atom stereocenters. The molecule has 2 nitrogen and oxygen atoms in total. The lowest BCUT2D eigenvalue weighted by Gasteiger charge is -2.07. The maximum atomic E-state index is 8.08. The van der Waals surface area contributed by atoms with Crippen molar-refractivity contribution in [3.63, 3.8) is 0 Å². The van der Waals surface area contributed by atoms with Crippen molar-refractivity contribution in [3.8, 4) is 0 Å². The van der Waals surface area contributed by atoms with Crippen molar-refractivity contribution in [1.29, 1.82) is 0 Å². The van der Waals surface area contributed by atoms with Gasteiger partial charge in [-0.3, -0.25) is 0 Å². The monoisotopic (exact) mass is 189 g/mol. The summed E-state index contributed by atoms with van der Waals surface area (Å²) in [6.45, 7) is 0.752. The average Bonchev–Trinajstić information content (AvgIpc) is 2.59. The van der Waals surface area contributed by atoms with Crippen LogP contribution in [0.2, 0.25) is 0 Å². The molecule has 0 saturated carbocycles. The highest BCUT2D eigenvalue weighted by atomic mass is 15.0. The molecular weight excluding hydrogens is 172 g/mol. The molecule has 1 N–H and O–H groups in total. The molecule has 0 aliphatic carbocycles. The van der Waals surface area contributed by atoms with Crippen LogP contribution in [0.3, 0.4) is 0 Å². The molecule has 1 heterocycles. The van der Waals surface area contributed by atoms with Crippen molar-refractivity contribution in [2.75, 3.05) is 20.6 Å². The van der Waals surface area contributed by atoms with Gasteiger partial charge in [-0.25, -0.2) is 0 Å². The first-order valence-electron chi connectivity index (χ1n) is 5.39. The molecule has 1 aromatic heterocycles. The number of hydrogen-bond donors (Lipinski definition) is 1. The number of aromatic nitrogens is 1. The number of nitrogens with zero attached hydrogens (tertiary/aromatic N) is 1. The second-order valence-electron chi connectivity index (χ2n) is 3.76. The van der Waals surface area contributed by atoms with E-state index in [2.05, 4.69) is 11.1 Å². The van der Waals surface area contributed by atoms with Gasteiger partial charge in [-0.05, 0) is 32.1 Å². The van der Waals surface area contributed by atoms with Crippen LogP contribution in [0.15, 0.2) is 30.5 Å². The average molecular weight is 189 g/mol. The molecule has 74 valence electrons. The number of fused-ring (bicyclic) bond motifs is 1. The quantitative estimate of drug-likeness (QED) is 0.784. The lowest BCUT2D eigenvalue weighted by atomic mass is 10.1. The molecular formula is C12H16N2. The number of H-pyrrole nitrogens is 1. The summed E-state index contributed by atoms with van der Waals surface area (Å²) in [6.07, 6.45) is 1.77. The van der Waals surface area contributed by atoms with Gasteiger partial charge in [0.05, 0.1) is 0 Å². The zero-order valence-electron chi connectivity index (χ0n) is 9.62. The summed E-state index contributed by atoms with van der Waals surface area (Å²) in [5.41, 5.74) is 2.20. The lowest BCUT2D eigenvalue weighted by Crippen LogP contribution is -2.14. The van der Waals surface area contributed by atoms with E-state index in [0.717, 1.165) is 17.6 Å². The van der Waals surface area contributed by atoms with Crippen LogP contribution in [0.25, 0.3) is 10.9 Å². The van der Waals surface area contributed by atoms with Crippen molar-refractivity contribution >= 4 is 10.9 Å². The molecule has 0 spiro atoms. The van der Waals surface area contributed by atoms with Crippen LogP contribution < -0.4 is 0 Å². The van der Waals surface area contributed by atoms with Gasteiger partial charge >= 0.3 is 0 Å². The van der Waals surface area contributed by atoms with Crippen LogP contribution in [0.1, 0.15) is 6.93 Å². The summed E-state index contributed by atoms with van der Waals surface area (Å²) in [6, 6.07) is 8.13. The highest BCUT2D eigenvalue weighted by Gasteiger charge is 2.02. The van der Waals surface area contributed by atoms with Gasteiger partial charge in [-0.2, -0.15) is 0 Å². The predicted octanol–water partition coefficient (Wildman–Crippen LogP) is 2.27. The molecule has 0 fully saturated rings. The molecule has 2 aromatic rings. The summed E-state index contributed by atoms with van der Waals surface area (Å²) in [5.74, 6) is 0. The molecule has 0 aliphatic heterocycles. The summed E-state index contributed by atoms with van der Waals surface area (Å²) >= 11 is 0. The molecule has 0 amide bonds. The van der Waals surface area contributed by atoms with E-state index in [4.69, 9.17) is 1.37 Å². The molecule has 0 saturated heterocycles. The largest absolute Gasteiger partial charge is 0.361 e. The highest BCUT2D eigenvalue weighted by Crippen LogP contribution is 2.17. The topological polar surface area (TPSA) is 19.0 Å². The third-order valence-electron chi connectivity index (χ3n) is 2.30. The predicted molar refractivity (Wildman–Crippen MR) is 60.6 cm³/mol. The van der Waals surface area contributed by atoms with Crippen LogP contribution in [0, 0.1) is 0 Å². The minimum atomic E-state index is -0.184. The lowest BCUT2D eigenvalue weighted by molar-refractivity contribution is 0.414. The van der Waals surface area contributed by atoms with Gasteiger partial charge in [0.15, 0.2) is 0 Å². The van der Waals surface area contributed by atoms with E-state index in [1.165, 1.54) is 5.39 Å². The summed E-state index contributed by atoms with van der Waals surface area (Å²) in [7, 11) is 3.99. The van der Waals surface area contributed by atoms with Crippen LogP contribution in [-0.2, 0) is 6.40 Å². The van der Waals surface area contributed by atoms with Crippen molar-refractivity contribution in [3.05, 3.63) is 36.0 Å². The fourth-order valence-electron chi connectivity index (χ4n) is 1.54. The summed E-state index contributed by atoms with van der Waals surface area (Å²) in [5, 5.41) is 1.17. The van der Waals surface area contributed by atoms with Gasteiger partial charge in [-0.15, -0.1) is 0 Å². The summed E-state index contributed by atoms with van der Waals surface area (Å²) in [4.78, 5) is 5.24. The normalized spacial score (nSPS) is 14.6.